The molecule has 0 fully saturated rings. The lowest BCUT2D eigenvalue weighted by atomic mass is 10.2. The quantitative estimate of drug-likeness (QED) is 0.627. The van der Waals surface area contributed by atoms with Crippen LogP contribution in [-0.2, 0) is 9.53 Å². The van der Waals surface area contributed by atoms with E-state index in [9.17, 15) is 9.59 Å². The maximum Gasteiger partial charge on any atom is 0.340 e. The van der Waals surface area contributed by atoms with Crippen molar-refractivity contribution in [1.82, 2.24) is 5.32 Å². The van der Waals surface area contributed by atoms with Crippen LogP contribution < -0.4 is 11.1 Å². The van der Waals surface area contributed by atoms with E-state index < -0.39 is 5.97 Å². The summed E-state index contributed by atoms with van der Waals surface area (Å²) in [6.07, 6.45) is 0. The van der Waals surface area contributed by atoms with Gasteiger partial charge in [0.05, 0.1) is 10.6 Å². The van der Waals surface area contributed by atoms with Gasteiger partial charge in [-0.3, -0.25) is 4.79 Å². The van der Waals surface area contributed by atoms with Crippen molar-refractivity contribution < 1.29 is 14.3 Å². The summed E-state index contributed by atoms with van der Waals surface area (Å²) >= 11 is 5.82. The van der Waals surface area contributed by atoms with Crippen LogP contribution in [0, 0.1) is 0 Å². The van der Waals surface area contributed by atoms with E-state index in [1.807, 2.05) is 0 Å². The van der Waals surface area contributed by atoms with Crippen LogP contribution >= 0.6 is 11.6 Å². The van der Waals surface area contributed by atoms with E-state index in [1.165, 1.54) is 18.2 Å². The average molecular weight is 257 g/mol. The number of hydrogen-bond donors (Lipinski definition) is 2. The van der Waals surface area contributed by atoms with Crippen LogP contribution in [0.2, 0.25) is 5.02 Å². The number of nitrogens with one attached hydrogen (secondary N) is 1. The van der Waals surface area contributed by atoms with Crippen molar-refractivity contribution in [2.45, 2.75) is 6.92 Å². The molecule has 0 aliphatic rings. The lowest BCUT2D eigenvalue weighted by Gasteiger charge is -2.06. The second-order valence-electron chi connectivity index (χ2n) is 3.27. The molecule has 5 nitrogen and oxygen atoms in total. The van der Waals surface area contributed by atoms with Gasteiger partial charge in [0.25, 0.3) is 5.91 Å². The molecule has 92 valence electrons. The SMILES string of the molecule is CCNC(=O)COC(=O)c1ccc(N)cc1Cl. The monoisotopic (exact) mass is 256 g/mol. The highest BCUT2D eigenvalue weighted by Crippen LogP contribution is 2.19. The molecule has 6 heteroatoms. The number of amides is 1. The van der Waals surface area contributed by atoms with Gasteiger partial charge in [0.15, 0.2) is 6.61 Å². The molecule has 0 aliphatic carbocycles. The summed E-state index contributed by atoms with van der Waals surface area (Å²) in [5, 5.41) is 2.71. The molecule has 1 rings (SSSR count). The van der Waals surface area contributed by atoms with Crippen molar-refractivity contribution in [1.29, 1.82) is 0 Å². The third-order valence-corrected chi connectivity index (χ3v) is 2.23. The number of hydrogen-bond acceptors (Lipinski definition) is 4. The second-order valence-corrected chi connectivity index (χ2v) is 3.68. The van der Waals surface area contributed by atoms with Gasteiger partial charge in [-0.05, 0) is 25.1 Å². The minimum Gasteiger partial charge on any atom is -0.452 e. The number of anilines is 1. The third-order valence-electron chi connectivity index (χ3n) is 1.92. The third kappa shape index (κ3) is 3.96. The Morgan fingerprint density at radius 1 is 1.47 bits per heavy atom. The smallest absolute Gasteiger partial charge is 0.340 e. The van der Waals surface area contributed by atoms with Crippen molar-refractivity contribution in [3.63, 3.8) is 0 Å². The second kappa shape index (κ2) is 6.10. The van der Waals surface area contributed by atoms with Crippen molar-refractivity contribution >= 4 is 29.2 Å². The predicted octanol–water partition coefficient (Wildman–Crippen LogP) is 1.22. The maximum absolute atomic E-state index is 11.6. The Kier molecular flexibility index (Phi) is 4.78. The topological polar surface area (TPSA) is 81.4 Å². The molecule has 0 radical (unpaired) electrons. The minimum absolute atomic E-state index is 0.185. The van der Waals surface area contributed by atoms with Crippen LogP contribution in [0.5, 0.6) is 0 Å². The lowest BCUT2D eigenvalue weighted by Crippen LogP contribution is -2.28. The first-order valence-electron chi connectivity index (χ1n) is 5.03. The molecule has 1 amide bonds. The van der Waals surface area contributed by atoms with Gasteiger partial charge in [-0.15, -0.1) is 0 Å². The summed E-state index contributed by atoms with van der Waals surface area (Å²) in [6, 6.07) is 4.44. The molecule has 0 aromatic heterocycles. The van der Waals surface area contributed by atoms with E-state index in [0.29, 0.717) is 12.2 Å². The van der Waals surface area contributed by atoms with Crippen LogP contribution in [0.15, 0.2) is 18.2 Å². The molecule has 0 unspecified atom stereocenters. The van der Waals surface area contributed by atoms with E-state index in [4.69, 9.17) is 22.1 Å². The van der Waals surface area contributed by atoms with Crippen LogP contribution in [-0.4, -0.2) is 25.0 Å². The van der Waals surface area contributed by atoms with Crippen LogP contribution in [0.4, 0.5) is 5.69 Å². The molecular formula is C11H13ClN2O3. The fourth-order valence-corrected chi connectivity index (χ4v) is 1.42. The van der Waals surface area contributed by atoms with E-state index in [0.717, 1.165) is 0 Å². The number of halogens is 1. The van der Waals surface area contributed by atoms with Gasteiger partial charge in [0.1, 0.15) is 0 Å². The number of ether oxygens (including phenoxy) is 1. The molecule has 0 aliphatic heterocycles. The molecule has 3 N–H and O–H groups in total. The predicted molar refractivity (Wildman–Crippen MR) is 64.8 cm³/mol. The summed E-state index contributed by atoms with van der Waals surface area (Å²) in [5.41, 5.74) is 6.13. The zero-order valence-corrected chi connectivity index (χ0v) is 10.1. The van der Waals surface area contributed by atoms with Crippen molar-refractivity contribution in [2.24, 2.45) is 0 Å². The Morgan fingerprint density at radius 2 is 2.18 bits per heavy atom. The summed E-state index contributed by atoms with van der Waals surface area (Å²) in [7, 11) is 0. The maximum atomic E-state index is 11.6. The number of benzene rings is 1. The highest BCUT2D eigenvalue weighted by Gasteiger charge is 2.13. The molecule has 0 heterocycles. The van der Waals surface area contributed by atoms with E-state index in [2.05, 4.69) is 5.32 Å². The molecule has 0 bridgehead atoms. The molecule has 0 saturated carbocycles. The zero-order valence-electron chi connectivity index (χ0n) is 9.33. The van der Waals surface area contributed by atoms with Gasteiger partial charge < -0.3 is 15.8 Å². The van der Waals surface area contributed by atoms with Crippen molar-refractivity contribution in [2.75, 3.05) is 18.9 Å². The van der Waals surface area contributed by atoms with Gasteiger partial charge in [0, 0.05) is 12.2 Å². The Bertz CT molecular complexity index is 435. The van der Waals surface area contributed by atoms with E-state index >= 15 is 0 Å². The van der Waals surface area contributed by atoms with E-state index in [-0.39, 0.29) is 23.1 Å². The number of nitrogen functional groups attached to an aromatic ring is 1. The number of carbonyl (C=O) groups is 2. The van der Waals surface area contributed by atoms with Gasteiger partial charge in [-0.2, -0.15) is 0 Å². The number of nitrogens with two attached hydrogens (primary N) is 1. The molecule has 1 aromatic rings. The van der Waals surface area contributed by atoms with Crippen molar-refractivity contribution in [3.8, 4) is 0 Å². The number of carbonyl (C=O) groups excluding carboxylic acids is 2. The van der Waals surface area contributed by atoms with Crippen LogP contribution in [0.3, 0.4) is 0 Å². The number of esters is 1. The molecule has 17 heavy (non-hydrogen) atoms. The van der Waals surface area contributed by atoms with Crippen LogP contribution in [0.1, 0.15) is 17.3 Å². The Labute approximate surface area is 104 Å². The zero-order chi connectivity index (χ0) is 12.8. The first-order chi connectivity index (χ1) is 8.04. The van der Waals surface area contributed by atoms with Gasteiger partial charge in [-0.25, -0.2) is 4.79 Å². The highest BCUT2D eigenvalue weighted by molar-refractivity contribution is 6.33. The number of rotatable bonds is 4. The summed E-state index contributed by atoms with van der Waals surface area (Å²) < 4.78 is 4.79. The van der Waals surface area contributed by atoms with E-state index in [1.54, 1.807) is 6.92 Å². The number of likely N-dealkylation sites (N-methyl/N-ethyl adjacent to an activating group) is 1. The average Bonchev–Trinajstić information content (AvgIpc) is 2.26. The lowest BCUT2D eigenvalue weighted by molar-refractivity contribution is -0.124. The Hall–Kier alpha value is -1.75. The molecule has 0 saturated heterocycles. The highest BCUT2D eigenvalue weighted by atomic mass is 35.5. The Balaban J connectivity index is 2.61. The molecule has 0 spiro atoms. The summed E-state index contributed by atoms with van der Waals surface area (Å²) in [4.78, 5) is 22.6. The van der Waals surface area contributed by atoms with Gasteiger partial charge in [-0.1, -0.05) is 11.6 Å². The summed E-state index contributed by atoms with van der Waals surface area (Å²) in [6.45, 7) is 1.93. The molecule has 1 aromatic carbocycles. The van der Waals surface area contributed by atoms with Gasteiger partial charge >= 0.3 is 5.97 Å². The normalized spacial score (nSPS) is 9.76. The standard InChI is InChI=1S/C11H13ClN2O3/c1-2-14-10(15)6-17-11(16)8-4-3-7(13)5-9(8)12/h3-5H,2,6,13H2,1H3,(H,14,15). The fraction of sp³-hybridized carbons (Fsp3) is 0.273. The summed E-state index contributed by atoms with van der Waals surface area (Å²) in [5.74, 6) is -1.01. The molecule has 0 atom stereocenters. The van der Waals surface area contributed by atoms with Gasteiger partial charge in [0.2, 0.25) is 0 Å². The van der Waals surface area contributed by atoms with Crippen molar-refractivity contribution in [3.05, 3.63) is 28.8 Å². The first-order valence-corrected chi connectivity index (χ1v) is 5.41. The molecular weight excluding hydrogens is 244 g/mol. The fourth-order valence-electron chi connectivity index (χ4n) is 1.15. The first kappa shape index (κ1) is 13.3. The van der Waals surface area contributed by atoms with Crippen LogP contribution in [0.25, 0.3) is 0 Å². The Morgan fingerprint density at radius 3 is 2.76 bits per heavy atom. The largest absolute Gasteiger partial charge is 0.452 e. The minimum atomic E-state index is -0.652.